The number of hydrogen-bond acceptors (Lipinski definition) is 5. The minimum absolute atomic E-state index is 0.0425. The summed E-state index contributed by atoms with van der Waals surface area (Å²) < 4.78 is 6.12. The van der Waals surface area contributed by atoms with Crippen molar-refractivity contribution in [1.29, 1.82) is 0 Å². The van der Waals surface area contributed by atoms with Gasteiger partial charge in [-0.25, -0.2) is 0 Å². The summed E-state index contributed by atoms with van der Waals surface area (Å²) >= 11 is 3.48. The van der Waals surface area contributed by atoms with Gasteiger partial charge >= 0.3 is 0 Å². The average Bonchev–Trinajstić information content (AvgIpc) is 2.35. The van der Waals surface area contributed by atoms with Gasteiger partial charge in [0.25, 0.3) is 0 Å². The molecule has 6 heteroatoms. The normalized spacial score (nSPS) is 22.0. The maximum Gasteiger partial charge on any atom is 0.193 e. The number of rotatable bonds is 5. The Morgan fingerprint density at radius 3 is 2.26 bits per heavy atom. The van der Waals surface area contributed by atoms with E-state index in [-0.39, 0.29) is 9.62 Å². The molecule has 19 heavy (non-hydrogen) atoms. The molecule has 1 aliphatic rings. The van der Waals surface area contributed by atoms with Gasteiger partial charge in [-0.2, -0.15) is 0 Å². The summed E-state index contributed by atoms with van der Waals surface area (Å²) in [4.78, 5) is 11.3. The van der Waals surface area contributed by atoms with Crippen molar-refractivity contribution in [3.8, 4) is 0 Å². The van der Waals surface area contributed by atoms with E-state index < -0.39 is 20.5 Å². The smallest absolute Gasteiger partial charge is 0.193 e. The van der Waals surface area contributed by atoms with E-state index in [0.29, 0.717) is 0 Å². The fourth-order valence-corrected chi connectivity index (χ4v) is 5.72. The molecule has 3 nitrogen and oxygen atoms in total. The molecule has 0 amide bonds. The average molecular weight is 323 g/mol. The van der Waals surface area contributed by atoms with Gasteiger partial charge in [0.15, 0.2) is 8.32 Å². The molecule has 0 aromatic carbocycles. The first kappa shape index (κ1) is 17.6. The van der Waals surface area contributed by atoms with Crippen LogP contribution in [0.15, 0.2) is 0 Å². The highest BCUT2D eigenvalue weighted by Gasteiger charge is 2.42. The van der Waals surface area contributed by atoms with Crippen molar-refractivity contribution in [3.63, 3.8) is 0 Å². The molecule has 0 radical (unpaired) electrons. The largest absolute Gasteiger partial charge is 0.404 e. The first-order chi connectivity index (χ1) is 8.69. The van der Waals surface area contributed by atoms with E-state index in [2.05, 4.69) is 33.9 Å². The molecule has 0 aromatic rings. The zero-order chi connectivity index (χ0) is 14.7. The summed E-state index contributed by atoms with van der Waals surface area (Å²) in [6.45, 7) is 10.6. The standard InChI is InChI=1S/C13H26O3S2Si/c1-13(2,3)19(4,5)16-10(9-14)11(15)12-17-7-6-8-18-12/h9-12,15H,6-8H2,1-5H3/t10-,11-/m1/s1. The first-order valence-electron chi connectivity index (χ1n) is 6.73. The predicted molar refractivity (Wildman–Crippen MR) is 87.5 cm³/mol. The molecule has 1 N–H and O–H groups in total. The lowest BCUT2D eigenvalue weighted by atomic mass is 10.2. The lowest BCUT2D eigenvalue weighted by Gasteiger charge is -2.40. The van der Waals surface area contributed by atoms with Crippen LogP contribution in [0.25, 0.3) is 0 Å². The van der Waals surface area contributed by atoms with Crippen molar-refractivity contribution in [2.75, 3.05) is 11.5 Å². The Bertz CT molecular complexity index is 299. The van der Waals surface area contributed by atoms with Crippen molar-refractivity contribution >= 4 is 38.1 Å². The second kappa shape index (κ2) is 6.98. The summed E-state index contributed by atoms with van der Waals surface area (Å²) in [5.41, 5.74) is 0. The lowest BCUT2D eigenvalue weighted by molar-refractivity contribution is -0.118. The molecule has 0 aliphatic carbocycles. The Labute approximate surface area is 126 Å². The molecule has 112 valence electrons. The summed E-state index contributed by atoms with van der Waals surface area (Å²) in [6, 6.07) is 0. The van der Waals surface area contributed by atoms with Crippen molar-refractivity contribution in [2.45, 2.75) is 62.1 Å². The van der Waals surface area contributed by atoms with Gasteiger partial charge in [-0.05, 0) is 36.1 Å². The van der Waals surface area contributed by atoms with Crippen LogP contribution in [0.3, 0.4) is 0 Å². The molecule has 1 aliphatic heterocycles. The lowest BCUT2D eigenvalue weighted by Crippen LogP contribution is -2.49. The Hall–Kier alpha value is 0.507. The van der Waals surface area contributed by atoms with E-state index in [9.17, 15) is 9.90 Å². The van der Waals surface area contributed by atoms with Crippen molar-refractivity contribution in [3.05, 3.63) is 0 Å². The maximum absolute atomic E-state index is 11.3. The van der Waals surface area contributed by atoms with E-state index in [1.54, 1.807) is 23.5 Å². The van der Waals surface area contributed by atoms with Crippen LogP contribution in [0.1, 0.15) is 27.2 Å². The minimum Gasteiger partial charge on any atom is -0.404 e. The van der Waals surface area contributed by atoms with Crippen LogP contribution in [-0.4, -0.2) is 48.0 Å². The van der Waals surface area contributed by atoms with E-state index in [1.807, 2.05) is 0 Å². The number of thioether (sulfide) groups is 2. The number of carbonyl (C=O) groups excluding carboxylic acids is 1. The molecule has 1 heterocycles. The Morgan fingerprint density at radius 2 is 1.84 bits per heavy atom. The minimum atomic E-state index is -2.03. The van der Waals surface area contributed by atoms with Crippen molar-refractivity contribution < 1.29 is 14.3 Å². The van der Waals surface area contributed by atoms with Crippen molar-refractivity contribution in [1.82, 2.24) is 0 Å². The number of aldehydes is 1. The van der Waals surface area contributed by atoms with E-state index in [4.69, 9.17) is 4.43 Å². The van der Waals surface area contributed by atoms with Gasteiger partial charge in [0.1, 0.15) is 18.5 Å². The Balaban J connectivity index is 2.69. The van der Waals surface area contributed by atoms with Gasteiger partial charge in [0.2, 0.25) is 0 Å². The molecule has 0 aromatic heterocycles. The molecular weight excluding hydrogens is 296 g/mol. The van der Waals surface area contributed by atoms with Crippen LogP contribution in [0.2, 0.25) is 18.1 Å². The van der Waals surface area contributed by atoms with Crippen LogP contribution >= 0.6 is 23.5 Å². The molecule has 0 bridgehead atoms. The second-order valence-corrected chi connectivity index (χ2v) is 14.0. The number of carbonyl (C=O) groups is 1. The van der Waals surface area contributed by atoms with Gasteiger partial charge in [0, 0.05) is 0 Å². The van der Waals surface area contributed by atoms with Crippen LogP contribution in [0.4, 0.5) is 0 Å². The molecule has 1 saturated heterocycles. The molecule has 0 spiro atoms. The summed E-state index contributed by atoms with van der Waals surface area (Å²) in [5.74, 6) is 2.11. The fraction of sp³-hybridized carbons (Fsp3) is 0.923. The maximum atomic E-state index is 11.3. The highest BCUT2D eigenvalue weighted by molar-refractivity contribution is 8.17. The summed E-state index contributed by atoms with van der Waals surface area (Å²) in [7, 11) is -2.03. The highest BCUT2D eigenvalue weighted by atomic mass is 32.2. The first-order valence-corrected chi connectivity index (χ1v) is 11.7. The summed E-state index contributed by atoms with van der Waals surface area (Å²) in [6.07, 6.45) is 0.555. The third-order valence-corrected chi connectivity index (χ3v) is 11.4. The SMILES string of the molecule is CC(C)(C)[Si](C)(C)O[C@H](C=O)[C@@H](O)C1SCCCS1. The second-order valence-electron chi connectivity index (χ2n) is 6.43. The Kier molecular flexibility index (Phi) is 6.45. The quantitative estimate of drug-likeness (QED) is 0.622. The van der Waals surface area contributed by atoms with Crippen LogP contribution in [0, 0.1) is 0 Å². The molecule has 0 saturated carbocycles. The third kappa shape index (κ3) is 4.77. The fourth-order valence-electron chi connectivity index (χ4n) is 1.55. The van der Waals surface area contributed by atoms with Gasteiger partial charge in [0.05, 0.1) is 4.58 Å². The van der Waals surface area contributed by atoms with E-state index in [1.165, 1.54) is 6.42 Å². The third-order valence-electron chi connectivity index (χ3n) is 3.84. The zero-order valence-corrected chi connectivity index (χ0v) is 15.1. The van der Waals surface area contributed by atoms with Gasteiger partial charge in [-0.3, -0.25) is 0 Å². The van der Waals surface area contributed by atoms with Gasteiger partial charge < -0.3 is 14.3 Å². The van der Waals surface area contributed by atoms with Crippen LogP contribution in [-0.2, 0) is 9.22 Å². The topological polar surface area (TPSA) is 46.5 Å². The number of aliphatic hydroxyl groups is 1. The van der Waals surface area contributed by atoms with Gasteiger partial charge in [-0.1, -0.05) is 20.8 Å². The summed E-state index contributed by atoms with van der Waals surface area (Å²) in [5, 5.41) is 10.4. The molecule has 1 rings (SSSR count). The Morgan fingerprint density at radius 1 is 1.32 bits per heavy atom. The molecule has 2 atom stereocenters. The molecular formula is C13H26O3S2Si. The zero-order valence-electron chi connectivity index (χ0n) is 12.5. The van der Waals surface area contributed by atoms with Gasteiger partial charge in [-0.15, -0.1) is 23.5 Å². The molecule has 0 unspecified atom stereocenters. The number of hydrogen-bond donors (Lipinski definition) is 1. The monoisotopic (exact) mass is 322 g/mol. The number of aliphatic hydroxyl groups excluding tert-OH is 1. The highest BCUT2D eigenvalue weighted by Crippen LogP contribution is 2.39. The molecule has 1 fully saturated rings. The van der Waals surface area contributed by atoms with E-state index in [0.717, 1.165) is 17.8 Å². The van der Waals surface area contributed by atoms with Crippen LogP contribution < -0.4 is 0 Å². The van der Waals surface area contributed by atoms with E-state index >= 15 is 0 Å². The van der Waals surface area contributed by atoms with Crippen molar-refractivity contribution in [2.24, 2.45) is 0 Å². The van der Waals surface area contributed by atoms with Crippen LogP contribution in [0.5, 0.6) is 0 Å². The predicted octanol–water partition coefficient (Wildman–Crippen LogP) is 3.13.